The van der Waals surface area contributed by atoms with Crippen molar-refractivity contribution in [3.63, 3.8) is 0 Å². The Bertz CT molecular complexity index is 337. The molecule has 0 amide bonds. The molecule has 0 bridgehead atoms. The summed E-state index contributed by atoms with van der Waals surface area (Å²) in [4.78, 5) is 2.59. The van der Waals surface area contributed by atoms with Gasteiger partial charge in [0.25, 0.3) is 0 Å². The van der Waals surface area contributed by atoms with Crippen molar-refractivity contribution < 1.29 is 0 Å². The van der Waals surface area contributed by atoms with Crippen LogP contribution in [-0.4, -0.2) is 31.6 Å². The van der Waals surface area contributed by atoms with Crippen LogP contribution >= 0.6 is 0 Å². The van der Waals surface area contributed by atoms with Crippen LogP contribution in [0.5, 0.6) is 0 Å². The maximum absolute atomic E-state index is 3.30. The minimum atomic E-state index is 0.883. The van der Waals surface area contributed by atoms with Gasteiger partial charge in [0.1, 0.15) is 0 Å². The molecule has 2 rings (SSSR count). The monoisotopic (exact) mass is 246 g/mol. The summed E-state index contributed by atoms with van der Waals surface area (Å²) in [6.45, 7) is 7.01. The number of benzene rings is 1. The molecule has 2 heteroatoms. The lowest BCUT2D eigenvalue weighted by atomic mass is 9.96. The molecule has 0 unspecified atom stereocenters. The van der Waals surface area contributed by atoms with Gasteiger partial charge in [0, 0.05) is 6.54 Å². The molecule has 1 aromatic carbocycles. The first-order valence-corrected chi connectivity index (χ1v) is 7.26. The number of nitrogens with one attached hydrogen (secondary N) is 1. The lowest BCUT2D eigenvalue weighted by molar-refractivity contribution is 0.177. The SMILES string of the molecule is CCc1ccc(CN2CCC(CNC)CC2)cc1. The third-order valence-electron chi connectivity index (χ3n) is 4.04. The molecular formula is C16H26N2. The van der Waals surface area contributed by atoms with Gasteiger partial charge < -0.3 is 5.32 Å². The number of hydrogen-bond acceptors (Lipinski definition) is 2. The zero-order valence-electron chi connectivity index (χ0n) is 11.8. The second-order valence-corrected chi connectivity index (χ2v) is 5.45. The molecule has 0 spiro atoms. The molecule has 1 fully saturated rings. The standard InChI is InChI=1S/C16H26N2/c1-3-14-4-6-16(7-5-14)13-18-10-8-15(9-11-18)12-17-2/h4-7,15,17H,3,8-13H2,1-2H3. The Kier molecular flexibility index (Phi) is 5.21. The Hall–Kier alpha value is -0.860. The van der Waals surface area contributed by atoms with Crippen molar-refractivity contribution in [2.75, 3.05) is 26.7 Å². The van der Waals surface area contributed by atoms with Crippen molar-refractivity contribution in [2.45, 2.75) is 32.7 Å². The van der Waals surface area contributed by atoms with Gasteiger partial charge in [0.15, 0.2) is 0 Å². The molecule has 0 aromatic heterocycles. The summed E-state index contributed by atoms with van der Waals surface area (Å²) in [6.07, 6.45) is 3.82. The van der Waals surface area contributed by atoms with Crippen molar-refractivity contribution in [2.24, 2.45) is 5.92 Å². The molecule has 1 aliphatic rings. The number of likely N-dealkylation sites (tertiary alicyclic amines) is 1. The molecule has 0 atom stereocenters. The van der Waals surface area contributed by atoms with E-state index < -0.39 is 0 Å². The number of piperidine rings is 1. The summed E-state index contributed by atoms with van der Waals surface area (Å²) in [5.41, 5.74) is 2.89. The van der Waals surface area contributed by atoms with E-state index in [0.717, 1.165) is 18.9 Å². The first-order chi connectivity index (χ1) is 8.81. The third kappa shape index (κ3) is 3.82. The van der Waals surface area contributed by atoms with E-state index in [1.54, 1.807) is 0 Å². The van der Waals surface area contributed by atoms with Crippen LogP contribution in [0.1, 0.15) is 30.9 Å². The lowest BCUT2D eigenvalue weighted by Crippen LogP contribution is -2.36. The minimum absolute atomic E-state index is 0.883. The second-order valence-electron chi connectivity index (χ2n) is 5.45. The van der Waals surface area contributed by atoms with Crippen molar-refractivity contribution in [1.82, 2.24) is 10.2 Å². The Balaban J connectivity index is 1.80. The van der Waals surface area contributed by atoms with Crippen LogP contribution in [0, 0.1) is 5.92 Å². The summed E-state index contributed by atoms with van der Waals surface area (Å²) < 4.78 is 0. The molecule has 0 radical (unpaired) electrons. The maximum Gasteiger partial charge on any atom is 0.0233 e. The molecule has 1 aliphatic heterocycles. The largest absolute Gasteiger partial charge is 0.319 e. The molecule has 0 saturated carbocycles. The van der Waals surface area contributed by atoms with Crippen LogP contribution in [0.2, 0.25) is 0 Å². The van der Waals surface area contributed by atoms with Crippen LogP contribution in [0.25, 0.3) is 0 Å². The van der Waals surface area contributed by atoms with Gasteiger partial charge in [-0.2, -0.15) is 0 Å². The normalized spacial score (nSPS) is 18.1. The van der Waals surface area contributed by atoms with Gasteiger partial charge >= 0.3 is 0 Å². The van der Waals surface area contributed by atoms with Gasteiger partial charge in [-0.25, -0.2) is 0 Å². The molecule has 100 valence electrons. The zero-order valence-corrected chi connectivity index (χ0v) is 11.8. The number of nitrogens with zero attached hydrogens (tertiary/aromatic N) is 1. The van der Waals surface area contributed by atoms with Crippen molar-refractivity contribution >= 4 is 0 Å². The maximum atomic E-state index is 3.30. The van der Waals surface area contributed by atoms with Gasteiger partial charge in [0.2, 0.25) is 0 Å². The summed E-state index contributed by atoms with van der Waals surface area (Å²) in [6, 6.07) is 9.11. The number of aryl methyl sites for hydroxylation is 1. The lowest BCUT2D eigenvalue weighted by Gasteiger charge is -2.31. The average molecular weight is 246 g/mol. The number of rotatable bonds is 5. The highest BCUT2D eigenvalue weighted by atomic mass is 15.1. The molecule has 1 saturated heterocycles. The van der Waals surface area contributed by atoms with Gasteiger partial charge in [-0.15, -0.1) is 0 Å². The van der Waals surface area contributed by atoms with Crippen LogP contribution in [0.15, 0.2) is 24.3 Å². The van der Waals surface area contributed by atoms with Crippen molar-refractivity contribution in [3.05, 3.63) is 35.4 Å². The quantitative estimate of drug-likeness (QED) is 0.859. The van der Waals surface area contributed by atoms with Crippen LogP contribution in [0.4, 0.5) is 0 Å². The fourth-order valence-electron chi connectivity index (χ4n) is 2.78. The van der Waals surface area contributed by atoms with E-state index in [2.05, 4.69) is 48.5 Å². The van der Waals surface area contributed by atoms with Crippen molar-refractivity contribution in [1.29, 1.82) is 0 Å². The molecule has 0 aliphatic carbocycles. The van der Waals surface area contributed by atoms with E-state index in [9.17, 15) is 0 Å². The predicted molar refractivity (Wildman–Crippen MR) is 77.7 cm³/mol. The molecule has 1 aromatic rings. The Labute approximate surface area is 111 Å². The van der Waals surface area contributed by atoms with Crippen LogP contribution < -0.4 is 5.32 Å². The molecule has 18 heavy (non-hydrogen) atoms. The highest BCUT2D eigenvalue weighted by Crippen LogP contribution is 2.18. The Morgan fingerprint density at radius 3 is 2.28 bits per heavy atom. The summed E-state index contributed by atoms with van der Waals surface area (Å²) in [5, 5.41) is 3.30. The van der Waals surface area contributed by atoms with Crippen LogP contribution in [-0.2, 0) is 13.0 Å². The fourth-order valence-corrected chi connectivity index (χ4v) is 2.78. The summed E-state index contributed by atoms with van der Waals surface area (Å²) in [5.74, 6) is 0.883. The van der Waals surface area contributed by atoms with Gasteiger partial charge in [-0.05, 0) is 63.0 Å². The summed E-state index contributed by atoms with van der Waals surface area (Å²) in [7, 11) is 2.06. The highest BCUT2D eigenvalue weighted by Gasteiger charge is 2.18. The first-order valence-electron chi connectivity index (χ1n) is 7.26. The van der Waals surface area contributed by atoms with Gasteiger partial charge in [-0.1, -0.05) is 31.2 Å². The van der Waals surface area contributed by atoms with Crippen molar-refractivity contribution in [3.8, 4) is 0 Å². The third-order valence-corrected chi connectivity index (χ3v) is 4.04. The van der Waals surface area contributed by atoms with E-state index in [1.807, 2.05) is 0 Å². The van der Waals surface area contributed by atoms with Crippen LogP contribution in [0.3, 0.4) is 0 Å². The smallest absolute Gasteiger partial charge is 0.0233 e. The van der Waals surface area contributed by atoms with E-state index in [0.29, 0.717) is 0 Å². The molecular weight excluding hydrogens is 220 g/mol. The van der Waals surface area contributed by atoms with E-state index in [-0.39, 0.29) is 0 Å². The predicted octanol–water partition coefficient (Wildman–Crippen LogP) is 2.68. The molecule has 1 heterocycles. The second kappa shape index (κ2) is 6.91. The highest BCUT2D eigenvalue weighted by molar-refractivity contribution is 5.22. The average Bonchev–Trinajstić information content (AvgIpc) is 2.42. The topological polar surface area (TPSA) is 15.3 Å². The first kappa shape index (κ1) is 13.6. The number of hydrogen-bond donors (Lipinski definition) is 1. The van der Waals surface area contributed by atoms with Gasteiger partial charge in [0.05, 0.1) is 0 Å². The molecule has 1 N–H and O–H groups in total. The van der Waals surface area contributed by atoms with E-state index >= 15 is 0 Å². The van der Waals surface area contributed by atoms with E-state index in [4.69, 9.17) is 0 Å². The Morgan fingerprint density at radius 2 is 1.72 bits per heavy atom. The minimum Gasteiger partial charge on any atom is -0.319 e. The van der Waals surface area contributed by atoms with Gasteiger partial charge in [-0.3, -0.25) is 4.90 Å². The Morgan fingerprint density at radius 1 is 1.11 bits per heavy atom. The van der Waals surface area contributed by atoms with E-state index in [1.165, 1.54) is 43.6 Å². The summed E-state index contributed by atoms with van der Waals surface area (Å²) >= 11 is 0. The zero-order chi connectivity index (χ0) is 12.8. The molecule has 2 nitrogen and oxygen atoms in total. The fraction of sp³-hybridized carbons (Fsp3) is 0.625.